The van der Waals surface area contributed by atoms with Crippen LogP contribution in [0.15, 0.2) is 0 Å². The fourth-order valence-electron chi connectivity index (χ4n) is 0.888. The van der Waals surface area contributed by atoms with Gasteiger partial charge in [0.1, 0.15) is 0 Å². The van der Waals surface area contributed by atoms with Crippen molar-refractivity contribution in [2.45, 2.75) is 34.1 Å². The lowest BCUT2D eigenvalue weighted by atomic mass is 10.00. The van der Waals surface area contributed by atoms with E-state index in [2.05, 4.69) is 0 Å². The second-order valence-corrected chi connectivity index (χ2v) is 2.56. The van der Waals surface area contributed by atoms with Crippen LogP contribution < -0.4 is 5.73 Å². The monoisotopic (exact) mass is 207 g/mol. The largest absolute Gasteiger partial charge is 0.481 e. The summed E-state index contributed by atoms with van der Waals surface area (Å²) >= 11 is 0. The standard InChI is InChI=1S/C7H13NO4.2CH4/c8-3-1-2-5(7(11)12)4-6(9)10;;/h5H,1-4,8H2,(H,9,10)(H,11,12);2*1H4. The zero-order valence-corrected chi connectivity index (χ0v) is 6.69. The average molecular weight is 207 g/mol. The Morgan fingerprint density at radius 1 is 1.21 bits per heavy atom. The fourth-order valence-corrected chi connectivity index (χ4v) is 0.888. The van der Waals surface area contributed by atoms with E-state index in [1.807, 2.05) is 0 Å². The van der Waals surface area contributed by atoms with E-state index in [1.54, 1.807) is 0 Å². The van der Waals surface area contributed by atoms with Gasteiger partial charge in [0.2, 0.25) is 0 Å². The molecule has 0 saturated carbocycles. The van der Waals surface area contributed by atoms with Crippen LogP contribution in [0, 0.1) is 5.92 Å². The zero-order chi connectivity index (χ0) is 9.56. The lowest BCUT2D eigenvalue weighted by Crippen LogP contribution is -2.18. The first kappa shape index (κ1) is 18.6. The van der Waals surface area contributed by atoms with Gasteiger partial charge in [0.15, 0.2) is 0 Å². The molecule has 0 radical (unpaired) electrons. The van der Waals surface area contributed by atoms with E-state index in [0.717, 1.165) is 0 Å². The predicted molar refractivity (Wildman–Crippen MR) is 55.1 cm³/mol. The third-order valence-corrected chi connectivity index (χ3v) is 1.53. The number of carboxylic acid groups (broad SMARTS) is 2. The van der Waals surface area contributed by atoms with Crippen molar-refractivity contribution in [1.29, 1.82) is 0 Å². The summed E-state index contributed by atoms with van der Waals surface area (Å²) in [5.74, 6) is -2.95. The Morgan fingerprint density at radius 3 is 2.00 bits per heavy atom. The van der Waals surface area contributed by atoms with Gasteiger partial charge < -0.3 is 15.9 Å². The van der Waals surface area contributed by atoms with Crippen LogP contribution in [0.3, 0.4) is 0 Å². The van der Waals surface area contributed by atoms with Crippen molar-refractivity contribution in [2.24, 2.45) is 11.7 Å². The van der Waals surface area contributed by atoms with Crippen LogP contribution >= 0.6 is 0 Å². The number of nitrogens with two attached hydrogens (primary N) is 1. The summed E-state index contributed by atoms with van der Waals surface area (Å²) in [6.45, 7) is 0.392. The SMILES string of the molecule is C.C.NCCCC(CC(=O)O)C(=O)O. The first-order valence-corrected chi connectivity index (χ1v) is 3.72. The van der Waals surface area contributed by atoms with E-state index in [4.69, 9.17) is 15.9 Å². The van der Waals surface area contributed by atoms with Crippen LogP contribution in [-0.4, -0.2) is 28.7 Å². The van der Waals surface area contributed by atoms with E-state index >= 15 is 0 Å². The highest BCUT2D eigenvalue weighted by molar-refractivity contribution is 5.77. The topological polar surface area (TPSA) is 101 Å². The first-order chi connectivity index (χ1) is 5.57. The molecule has 0 saturated heterocycles. The Kier molecular flexibility index (Phi) is 13.3. The number of aliphatic carboxylic acids is 2. The second kappa shape index (κ2) is 9.98. The molecule has 0 aliphatic carbocycles. The molecule has 1 unspecified atom stereocenters. The molecule has 0 bridgehead atoms. The first-order valence-electron chi connectivity index (χ1n) is 3.72. The number of hydrogen-bond acceptors (Lipinski definition) is 3. The molecule has 0 aromatic carbocycles. The van der Waals surface area contributed by atoms with Gasteiger partial charge in [-0.3, -0.25) is 9.59 Å². The summed E-state index contributed by atoms with van der Waals surface area (Å²) in [5.41, 5.74) is 5.17. The van der Waals surface area contributed by atoms with Crippen molar-refractivity contribution >= 4 is 11.9 Å². The third kappa shape index (κ3) is 8.99. The van der Waals surface area contributed by atoms with Gasteiger partial charge >= 0.3 is 11.9 Å². The maximum atomic E-state index is 10.4. The van der Waals surface area contributed by atoms with Crippen molar-refractivity contribution in [2.75, 3.05) is 6.54 Å². The van der Waals surface area contributed by atoms with Crippen molar-refractivity contribution in [3.05, 3.63) is 0 Å². The van der Waals surface area contributed by atoms with Crippen LogP contribution in [0.5, 0.6) is 0 Å². The molecule has 0 aromatic heterocycles. The lowest BCUT2D eigenvalue weighted by Gasteiger charge is -2.07. The predicted octanol–water partition coefficient (Wildman–Crippen LogP) is 1.17. The summed E-state index contributed by atoms with van der Waals surface area (Å²) in [5, 5.41) is 16.9. The third-order valence-electron chi connectivity index (χ3n) is 1.53. The summed E-state index contributed by atoms with van der Waals surface area (Å²) < 4.78 is 0. The van der Waals surface area contributed by atoms with Crippen LogP contribution in [0.1, 0.15) is 34.1 Å². The summed E-state index contributed by atoms with van der Waals surface area (Å²) in [4.78, 5) is 20.6. The van der Waals surface area contributed by atoms with Gasteiger partial charge in [0.25, 0.3) is 0 Å². The van der Waals surface area contributed by atoms with Gasteiger partial charge in [-0.15, -0.1) is 0 Å². The lowest BCUT2D eigenvalue weighted by molar-refractivity contribution is -0.148. The van der Waals surface area contributed by atoms with Gasteiger partial charge in [0, 0.05) is 0 Å². The minimum atomic E-state index is -1.08. The van der Waals surface area contributed by atoms with Crippen LogP contribution in [0.25, 0.3) is 0 Å². The highest BCUT2D eigenvalue weighted by Crippen LogP contribution is 2.10. The number of hydrogen-bond donors (Lipinski definition) is 3. The molecule has 0 spiro atoms. The molecule has 0 aliphatic rings. The fraction of sp³-hybridized carbons (Fsp3) is 0.778. The average Bonchev–Trinajstić information content (AvgIpc) is 1.96. The molecule has 0 amide bonds. The van der Waals surface area contributed by atoms with Gasteiger partial charge in [-0.05, 0) is 19.4 Å². The molecule has 1 atom stereocenters. The van der Waals surface area contributed by atoms with Crippen molar-refractivity contribution in [3.8, 4) is 0 Å². The Morgan fingerprint density at radius 2 is 1.71 bits per heavy atom. The molecule has 0 aromatic rings. The van der Waals surface area contributed by atoms with Crippen molar-refractivity contribution in [1.82, 2.24) is 0 Å². The molecule has 86 valence electrons. The summed E-state index contributed by atoms with van der Waals surface area (Å²) in [7, 11) is 0. The van der Waals surface area contributed by atoms with Crippen LogP contribution in [0.4, 0.5) is 0 Å². The Hall–Kier alpha value is -1.10. The van der Waals surface area contributed by atoms with Crippen LogP contribution in [-0.2, 0) is 9.59 Å². The molecular formula is C9H21NO4. The maximum absolute atomic E-state index is 10.4. The number of carboxylic acids is 2. The Labute approximate surface area is 84.9 Å². The van der Waals surface area contributed by atoms with Crippen molar-refractivity contribution < 1.29 is 19.8 Å². The van der Waals surface area contributed by atoms with E-state index in [0.29, 0.717) is 19.4 Å². The van der Waals surface area contributed by atoms with Gasteiger partial charge in [-0.25, -0.2) is 0 Å². The molecule has 0 fully saturated rings. The summed E-state index contributed by atoms with van der Waals surface area (Å²) in [6.07, 6.45) is 0.553. The molecule has 0 heterocycles. The molecule has 5 heteroatoms. The summed E-state index contributed by atoms with van der Waals surface area (Å²) in [6, 6.07) is 0. The van der Waals surface area contributed by atoms with Crippen LogP contribution in [0.2, 0.25) is 0 Å². The molecule has 0 rings (SSSR count). The molecule has 4 N–H and O–H groups in total. The smallest absolute Gasteiger partial charge is 0.307 e. The Bertz CT molecular complexity index is 170. The number of carbonyl (C=O) groups is 2. The van der Waals surface area contributed by atoms with Gasteiger partial charge in [-0.1, -0.05) is 14.9 Å². The van der Waals surface area contributed by atoms with Gasteiger partial charge in [-0.2, -0.15) is 0 Å². The minimum absolute atomic E-state index is 0. The highest BCUT2D eigenvalue weighted by Gasteiger charge is 2.19. The molecule has 0 aliphatic heterocycles. The number of rotatable bonds is 6. The van der Waals surface area contributed by atoms with E-state index in [-0.39, 0.29) is 21.3 Å². The maximum Gasteiger partial charge on any atom is 0.307 e. The molecule has 5 nitrogen and oxygen atoms in total. The highest BCUT2D eigenvalue weighted by atomic mass is 16.4. The van der Waals surface area contributed by atoms with E-state index < -0.39 is 17.9 Å². The minimum Gasteiger partial charge on any atom is -0.481 e. The quantitative estimate of drug-likeness (QED) is 0.607. The van der Waals surface area contributed by atoms with Gasteiger partial charge in [0.05, 0.1) is 12.3 Å². The second-order valence-electron chi connectivity index (χ2n) is 2.56. The zero-order valence-electron chi connectivity index (χ0n) is 6.69. The Balaban J connectivity index is -0.000000605. The van der Waals surface area contributed by atoms with E-state index in [9.17, 15) is 9.59 Å². The normalized spacial score (nSPS) is 10.6. The molecule has 14 heavy (non-hydrogen) atoms. The van der Waals surface area contributed by atoms with Crippen molar-refractivity contribution in [3.63, 3.8) is 0 Å². The van der Waals surface area contributed by atoms with E-state index in [1.165, 1.54) is 0 Å². The molecular weight excluding hydrogens is 186 g/mol.